The average Bonchev–Trinajstić information content (AvgIpc) is 2.90. The van der Waals surface area contributed by atoms with Crippen LogP contribution in [0.15, 0.2) is 52.2 Å². The van der Waals surface area contributed by atoms with E-state index in [4.69, 9.17) is 21.8 Å². The molecule has 1 aromatic carbocycles. The Labute approximate surface area is 108 Å². The Hall–Kier alpha value is -2.27. The van der Waals surface area contributed by atoms with Gasteiger partial charge in [-0.05, 0) is 24.3 Å². The molecule has 0 aliphatic carbocycles. The van der Waals surface area contributed by atoms with Crippen molar-refractivity contribution in [2.75, 3.05) is 0 Å². The first-order valence-electron chi connectivity index (χ1n) is 5.01. The number of nitrogens with two attached hydrogens (primary N) is 1. The molecule has 2 rings (SSSR count). The summed E-state index contributed by atoms with van der Waals surface area (Å²) in [7, 11) is 0. The van der Waals surface area contributed by atoms with Gasteiger partial charge in [0.2, 0.25) is 5.76 Å². The van der Waals surface area contributed by atoms with Crippen LogP contribution in [-0.4, -0.2) is 11.8 Å². The smallest absolute Gasteiger partial charge is 0.400 e. The van der Waals surface area contributed by atoms with Gasteiger partial charge in [-0.2, -0.15) is 0 Å². The third-order valence-corrected chi connectivity index (χ3v) is 2.43. The molecule has 5 nitrogen and oxygen atoms in total. The van der Waals surface area contributed by atoms with E-state index in [9.17, 15) is 4.79 Å². The molecule has 0 spiro atoms. The Balaban J connectivity index is 2.11. The van der Waals surface area contributed by atoms with E-state index in [1.54, 1.807) is 30.3 Å². The van der Waals surface area contributed by atoms with Crippen LogP contribution in [0.4, 0.5) is 0 Å². The SMILES string of the molecule is N/C(=N/OC(=O)c1ccco1)c1ccccc1Cl. The maximum Gasteiger partial charge on any atom is 0.400 e. The van der Waals surface area contributed by atoms with Crippen molar-refractivity contribution in [2.45, 2.75) is 0 Å². The van der Waals surface area contributed by atoms with E-state index >= 15 is 0 Å². The molecule has 0 atom stereocenters. The van der Waals surface area contributed by atoms with Gasteiger partial charge >= 0.3 is 5.97 Å². The Bertz CT molecular complexity index is 579. The normalized spacial score (nSPS) is 11.3. The number of carbonyl (C=O) groups is 1. The largest absolute Gasteiger partial charge is 0.457 e. The van der Waals surface area contributed by atoms with Crippen LogP contribution >= 0.6 is 11.6 Å². The average molecular weight is 265 g/mol. The Kier molecular flexibility index (Phi) is 3.64. The molecule has 1 heterocycles. The highest BCUT2D eigenvalue weighted by Crippen LogP contribution is 2.14. The highest BCUT2D eigenvalue weighted by Gasteiger charge is 2.11. The standard InChI is InChI=1S/C12H9ClN2O3/c13-9-5-2-1-4-8(9)11(14)15-18-12(16)10-6-3-7-17-10/h1-7H,(H2,14,15). The highest BCUT2D eigenvalue weighted by molar-refractivity contribution is 6.34. The summed E-state index contributed by atoms with van der Waals surface area (Å²) in [5.74, 6) is -0.666. The van der Waals surface area contributed by atoms with Crippen molar-refractivity contribution in [3.8, 4) is 0 Å². The molecule has 0 amide bonds. The zero-order valence-electron chi connectivity index (χ0n) is 9.17. The lowest BCUT2D eigenvalue weighted by Gasteiger charge is -2.01. The van der Waals surface area contributed by atoms with E-state index in [1.165, 1.54) is 12.3 Å². The fraction of sp³-hybridized carbons (Fsp3) is 0. The maximum atomic E-state index is 11.4. The zero-order valence-corrected chi connectivity index (χ0v) is 9.92. The second kappa shape index (κ2) is 5.37. The summed E-state index contributed by atoms with van der Waals surface area (Å²) in [6.45, 7) is 0. The summed E-state index contributed by atoms with van der Waals surface area (Å²) in [4.78, 5) is 16.0. The Morgan fingerprint density at radius 1 is 1.28 bits per heavy atom. The fourth-order valence-electron chi connectivity index (χ4n) is 1.25. The molecule has 18 heavy (non-hydrogen) atoms. The predicted molar refractivity (Wildman–Crippen MR) is 66.3 cm³/mol. The van der Waals surface area contributed by atoms with Crippen molar-refractivity contribution in [3.63, 3.8) is 0 Å². The van der Waals surface area contributed by atoms with Gasteiger partial charge in [0.05, 0.1) is 11.3 Å². The van der Waals surface area contributed by atoms with Crippen LogP contribution in [-0.2, 0) is 4.84 Å². The zero-order chi connectivity index (χ0) is 13.0. The van der Waals surface area contributed by atoms with E-state index in [2.05, 4.69) is 9.99 Å². The van der Waals surface area contributed by atoms with Gasteiger partial charge in [0, 0.05) is 5.56 Å². The third kappa shape index (κ3) is 2.70. The number of oxime groups is 1. The van der Waals surface area contributed by atoms with Gasteiger partial charge in [0.1, 0.15) is 0 Å². The molecule has 0 saturated carbocycles. The van der Waals surface area contributed by atoms with Gasteiger partial charge in [-0.1, -0.05) is 28.9 Å². The lowest BCUT2D eigenvalue weighted by atomic mass is 10.2. The molecule has 92 valence electrons. The first-order chi connectivity index (χ1) is 8.68. The molecule has 6 heteroatoms. The summed E-state index contributed by atoms with van der Waals surface area (Å²) in [5, 5.41) is 3.94. The van der Waals surface area contributed by atoms with E-state index in [0.29, 0.717) is 10.6 Å². The van der Waals surface area contributed by atoms with Crippen LogP contribution in [0, 0.1) is 0 Å². The molecule has 0 bridgehead atoms. The summed E-state index contributed by atoms with van der Waals surface area (Å²) >= 11 is 5.91. The maximum absolute atomic E-state index is 11.4. The molecule has 0 saturated heterocycles. The van der Waals surface area contributed by atoms with E-state index in [0.717, 1.165) is 0 Å². The van der Waals surface area contributed by atoms with Crippen LogP contribution in [0.2, 0.25) is 5.02 Å². The van der Waals surface area contributed by atoms with E-state index in [1.807, 2.05) is 0 Å². The summed E-state index contributed by atoms with van der Waals surface area (Å²) in [6.07, 6.45) is 1.36. The molecule has 0 radical (unpaired) electrons. The van der Waals surface area contributed by atoms with Crippen LogP contribution in [0.25, 0.3) is 0 Å². The van der Waals surface area contributed by atoms with Crippen molar-refractivity contribution in [2.24, 2.45) is 10.9 Å². The minimum absolute atomic E-state index is 0.0144. The Morgan fingerprint density at radius 2 is 2.06 bits per heavy atom. The molecule has 0 fully saturated rings. The monoisotopic (exact) mass is 264 g/mol. The first kappa shape index (κ1) is 12.2. The lowest BCUT2D eigenvalue weighted by Crippen LogP contribution is -2.15. The van der Waals surface area contributed by atoms with Crippen LogP contribution < -0.4 is 5.73 Å². The number of rotatable bonds is 3. The van der Waals surface area contributed by atoms with Crippen LogP contribution in [0.1, 0.15) is 16.1 Å². The molecule has 2 aromatic rings. The highest BCUT2D eigenvalue weighted by atomic mass is 35.5. The number of furan rings is 1. The first-order valence-corrected chi connectivity index (χ1v) is 5.39. The summed E-state index contributed by atoms with van der Waals surface area (Å²) < 4.78 is 4.85. The second-order valence-electron chi connectivity index (χ2n) is 3.31. The molecule has 2 N–H and O–H groups in total. The lowest BCUT2D eigenvalue weighted by molar-refractivity contribution is 0.0479. The summed E-state index contributed by atoms with van der Waals surface area (Å²) in [5.41, 5.74) is 6.15. The number of halogens is 1. The van der Waals surface area contributed by atoms with Gasteiger partial charge < -0.3 is 15.0 Å². The van der Waals surface area contributed by atoms with E-state index < -0.39 is 5.97 Å². The van der Waals surface area contributed by atoms with Gasteiger partial charge in [0.15, 0.2) is 5.84 Å². The van der Waals surface area contributed by atoms with Crippen LogP contribution in [0.5, 0.6) is 0 Å². The molecule has 1 aromatic heterocycles. The number of carbonyl (C=O) groups excluding carboxylic acids is 1. The molecular weight excluding hydrogens is 256 g/mol. The predicted octanol–water partition coefficient (Wildman–Crippen LogP) is 2.41. The number of nitrogens with zero attached hydrogens (tertiary/aromatic N) is 1. The topological polar surface area (TPSA) is 77.8 Å². The van der Waals surface area contributed by atoms with Crippen LogP contribution in [0.3, 0.4) is 0 Å². The summed E-state index contributed by atoms with van der Waals surface area (Å²) in [6, 6.07) is 9.86. The van der Waals surface area contributed by atoms with Crippen molar-refractivity contribution < 1.29 is 14.0 Å². The molecular formula is C12H9ClN2O3. The molecule has 0 aliphatic rings. The second-order valence-corrected chi connectivity index (χ2v) is 3.72. The number of hydrogen-bond donors (Lipinski definition) is 1. The fourth-order valence-corrected chi connectivity index (χ4v) is 1.48. The Morgan fingerprint density at radius 3 is 2.72 bits per heavy atom. The van der Waals surface area contributed by atoms with Crippen molar-refractivity contribution >= 4 is 23.4 Å². The number of hydrogen-bond acceptors (Lipinski definition) is 4. The minimum atomic E-state index is -0.727. The van der Waals surface area contributed by atoms with Gasteiger partial charge in [-0.3, -0.25) is 0 Å². The van der Waals surface area contributed by atoms with Gasteiger partial charge in [-0.25, -0.2) is 4.79 Å². The minimum Gasteiger partial charge on any atom is -0.457 e. The molecule has 0 aliphatic heterocycles. The van der Waals surface area contributed by atoms with Crippen molar-refractivity contribution in [3.05, 3.63) is 59.0 Å². The number of amidine groups is 1. The van der Waals surface area contributed by atoms with Crippen molar-refractivity contribution in [1.29, 1.82) is 0 Å². The van der Waals surface area contributed by atoms with Crippen molar-refractivity contribution in [1.82, 2.24) is 0 Å². The molecule has 0 unspecified atom stereocenters. The quantitative estimate of drug-likeness (QED) is 0.400. The number of benzene rings is 1. The van der Waals surface area contributed by atoms with Gasteiger partial charge in [0.25, 0.3) is 0 Å². The van der Waals surface area contributed by atoms with E-state index in [-0.39, 0.29) is 11.6 Å². The third-order valence-electron chi connectivity index (χ3n) is 2.10. The van der Waals surface area contributed by atoms with Gasteiger partial charge in [-0.15, -0.1) is 0 Å².